The van der Waals surface area contributed by atoms with Gasteiger partial charge in [0.1, 0.15) is 5.75 Å². The van der Waals surface area contributed by atoms with Crippen LogP contribution in [0.3, 0.4) is 0 Å². The van der Waals surface area contributed by atoms with Crippen molar-refractivity contribution < 1.29 is 4.74 Å². The summed E-state index contributed by atoms with van der Waals surface area (Å²) in [5, 5.41) is 4.60. The normalized spacial score (nSPS) is 19.1. The minimum atomic E-state index is 0.0736. The number of likely N-dealkylation sites (tertiary alicyclic amines) is 1. The molecule has 0 amide bonds. The molecule has 3 heterocycles. The Morgan fingerprint density at radius 2 is 2.04 bits per heavy atom. The average Bonchev–Trinajstić information content (AvgIpc) is 3.24. The smallest absolute Gasteiger partial charge is 0.267 e. The summed E-state index contributed by atoms with van der Waals surface area (Å²) in [5.41, 5.74) is 5.13. The molecule has 5 rings (SSSR count). The van der Waals surface area contributed by atoms with Gasteiger partial charge in [0.2, 0.25) is 0 Å². The molecule has 136 valence electrons. The van der Waals surface area contributed by atoms with Gasteiger partial charge in [-0.3, -0.25) is 4.79 Å². The van der Waals surface area contributed by atoms with E-state index in [0.717, 1.165) is 76.3 Å². The Labute approximate surface area is 153 Å². The van der Waals surface area contributed by atoms with E-state index in [2.05, 4.69) is 28.2 Å². The molecule has 0 spiro atoms. The molecule has 0 N–H and O–H groups in total. The third kappa shape index (κ3) is 3.05. The molecule has 0 unspecified atom stereocenters. The Bertz CT molecular complexity index is 883. The first-order chi connectivity index (χ1) is 12.7. The van der Waals surface area contributed by atoms with Crippen LogP contribution in [0.1, 0.15) is 28.8 Å². The van der Waals surface area contributed by atoms with Gasteiger partial charge < -0.3 is 9.64 Å². The first-order valence-corrected chi connectivity index (χ1v) is 9.81. The van der Waals surface area contributed by atoms with Crippen molar-refractivity contribution in [2.75, 3.05) is 26.2 Å². The second-order valence-corrected chi connectivity index (χ2v) is 7.91. The van der Waals surface area contributed by atoms with E-state index in [1.54, 1.807) is 4.68 Å². The fourth-order valence-corrected chi connectivity index (χ4v) is 4.47. The molecule has 26 heavy (non-hydrogen) atoms. The Kier molecular flexibility index (Phi) is 4.04. The van der Waals surface area contributed by atoms with Crippen LogP contribution in [0.25, 0.3) is 0 Å². The maximum atomic E-state index is 12.2. The van der Waals surface area contributed by atoms with E-state index in [9.17, 15) is 4.79 Å². The second kappa shape index (κ2) is 6.54. The topological polar surface area (TPSA) is 47.4 Å². The summed E-state index contributed by atoms with van der Waals surface area (Å²) < 4.78 is 7.28. The van der Waals surface area contributed by atoms with E-state index in [1.165, 1.54) is 16.7 Å². The summed E-state index contributed by atoms with van der Waals surface area (Å²) >= 11 is 0. The molecule has 1 aliphatic carbocycles. The zero-order chi connectivity index (χ0) is 17.5. The quantitative estimate of drug-likeness (QED) is 0.825. The van der Waals surface area contributed by atoms with Crippen molar-refractivity contribution in [2.45, 2.75) is 38.6 Å². The average molecular weight is 351 g/mol. The monoisotopic (exact) mass is 351 g/mol. The van der Waals surface area contributed by atoms with Crippen LogP contribution < -0.4 is 10.3 Å². The fraction of sp³-hybridized carbons (Fsp3) is 0.524. The van der Waals surface area contributed by atoms with Gasteiger partial charge in [0.05, 0.1) is 18.8 Å². The fourth-order valence-electron chi connectivity index (χ4n) is 4.47. The number of hydrogen-bond donors (Lipinski definition) is 0. The Morgan fingerprint density at radius 1 is 1.12 bits per heavy atom. The van der Waals surface area contributed by atoms with Gasteiger partial charge in [-0.15, -0.1) is 0 Å². The highest BCUT2D eigenvalue weighted by atomic mass is 16.5. The number of benzene rings is 1. The first-order valence-electron chi connectivity index (χ1n) is 9.81. The number of rotatable bonds is 5. The summed E-state index contributed by atoms with van der Waals surface area (Å²) in [4.78, 5) is 14.7. The van der Waals surface area contributed by atoms with Gasteiger partial charge in [-0.1, -0.05) is 12.1 Å². The van der Waals surface area contributed by atoms with Crippen molar-refractivity contribution in [3.63, 3.8) is 0 Å². The maximum absolute atomic E-state index is 12.2. The SMILES string of the molecule is O=c1cc2c(nn1CC1CN(CCc3ccc4c(c3)CCO4)C1)CCC2. The molecule has 0 radical (unpaired) electrons. The molecule has 1 aromatic heterocycles. The summed E-state index contributed by atoms with van der Waals surface area (Å²) in [6.45, 7) is 4.81. The lowest BCUT2D eigenvalue weighted by atomic mass is 9.98. The summed E-state index contributed by atoms with van der Waals surface area (Å²) in [5.74, 6) is 1.61. The number of fused-ring (bicyclic) bond motifs is 2. The molecule has 3 aliphatic rings. The van der Waals surface area contributed by atoms with E-state index in [-0.39, 0.29) is 5.56 Å². The van der Waals surface area contributed by atoms with Crippen LogP contribution in [0.2, 0.25) is 0 Å². The molecular weight excluding hydrogens is 326 g/mol. The second-order valence-electron chi connectivity index (χ2n) is 7.91. The minimum absolute atomic E-state index is 0.0736. The van der Waals surface area contributed by atoms with Gasteiger partial charge in [0.25, 0.3) is 5.56 Å². The molecule has 0 bridgehead atoms. The van der Waals surface area contributed by atoms with Crippen molar-refractivity contribution >= 4 is 0 Å². The van der Waals surface area contributed by atoms with Crippen LogP contribution in [0, 0.1) is 5.92 Å². The summed E-state index contributed by atoms with van der Waals surface area (Å²) in [7, 11) is 0. The lowest BCUT2D eigenvalue weighted by Gasteiger charge is -2.39. The molecule has 2 aliphatic heterocycles. The van der Waals surface area contributed by atoms with Gasteiger partial charge in [0.15, 0.2) is 0 Å². The van der Waals surface area contributed by atoms with Crippen LogP contribution in [0.5, 0.6) is 5.75 Å². The third-order valence-corrected chi connectivity index (χ3v) is 5.96. The molecular formula is C21H25N3O2. The highest BCUT2D eigenvalue weighted by molar-refractivity contribution is 5.39. The standard InChI is InChI=1S/C21H25N3O2/c25-21-11-17-2-1-3-19(17)22-24(21)14-16-12-23(13-16)8-6-15-4-5-20-18(10-15)7-9-26-20/h4-5,10-11,16H,1-3,6-9,12-14H2. The molecule has 1 saturated heterocycles. The molecule has 1 fully saturated rings. The largest absolute Gasteiger partial charge is 0.493 e. The van der Waals surface area contributed by atoms with Crippen molar-refractivity contribution in [2.24, 2.45) is 5.92 Å². The lowest BCUT2D eigenvalue weighted by Crippen LogP contribution is -2.50. The van der Waals surface area contributed by atoms with E-state index in [0.29, 0.717) is 5.92 Å². The summed E-state index contributed by atoms with van der Waals surface area (Å²) in [6.07, 6.45) is 5.30. The van der Waals surface area contributed by atoms with Crippen LogP contribution in [-0.2, 0) is 32.2 Å². The molecule has 5 nitrogen and oxygen atoms in total. The van der Waals surface area contributed by atoms with Crippen LogP contribution >= 0.6 is 0 Å². The molecule has 0 atom stereocenters. The van der Waals surface area contributed by atoms with Crippen LogP contribution in [0.15, 0.2) is 29.1 Å². The lowest BCUT2D eigenvalue weighted by molar-refractivity contribution is 0.0854. The number of ether oxygens (including phenoxy) is 1. The van der Waals surface area contributed by atoms with Crippen LogP contribution in [0.4, 0.5) is 0 Å². The number of aromatic nitrogens is 2. The Morgan fingerprint density at radius 3 is 2.96 bits per heavy atom. The van der Waals surface area contributed by atoms with E-state index >= 15 is 0 Å². The molecule has 5 heteroatoms. The van der Waals surface area contributed by atoms with Crippen molar-refractivity contribution in [3.05, 3.63) is 57.0 Å². The number of nitrogens with zero attached hydrogens (tertiary/aromatic N) is 3. The van der Waals surface area contributed by atoms with Gasteiger partial charge in [-0.25, -0.2) is 4.68 Å². The summed E-state index contributed by atoms with van der Waals surface area (Å²) in [6, 6.07) is 8.41. The highest BCUT2D eigenvalue weighted by Crippen LogP contribution is 2.26. The van der Waals surface area contributed by atoms with E-state index in [1.807, 2.05) is 6.07 Å². The number of aryl methyl sites for hydroxylation is 2. The Balaban J connectivity index is 1.13. The minimum Gasteiger partial charge on any atom is -0.493 e. The first kappa shape index (κ1) is 16.1. The molecule has 0 saturated carbocycles. The number of hydrogen-bond acceptors (Lipinski definition) is 4. The molecule has 1 aromatic carbocycles. The van der Waals surface area contributed by atoms with Crippen LogP contribution in [-0.4, -0.2) is 40.9 Å². The van der Waals surface area contributed by atoms with E-state index in [4.69, 9.17) is 4.74 Å². The predicted molar refractivity (Wildman–Crippen MR) is 99.8 cm³/mol. The van der Waals surface area contributed by atoms with Crippen molar-refractivity contribution in [3.8, 4) is 5.75 Å². The molecule has 2 aromatic rings. The van der Waals surface area contributed by atoms with Gasteiger partial charge in [0, 0.05) is 38.0 Å². The van der Waals surface area contributed by atoms with Crippen molar-refractivity contribution in [1.82, 2.24) is 14.7 Å². The van der Waals surface area contributed by atoms with Gasteiger partial charge in [-0.2, -0.15) is 5.10 Å². The Hall–Kier alpha value is -2.14. The van der Waals surface area contributed by atoms with E-state index < -0.39 is 0 Å². The predicted octanol–water partition coefficient (Wildman–Crippen LogP) is 1.84. The van der Waals surface area contributed by atoms with Gasteiger partial charge in [-0.05, 0) is 48.4 Å². The third-order valence-electron chi connectivity index (χ3n) is 5.96. The maximum Gasteiger partial charge on any atom is 0.267 e. The van der Waals surface area contributed by atoms with Gasteiger partial charge >= 0.3 is 0 Å². The zero-order valence-corrected chi connectivity index (χ0v) is 15.1. The highest BCUT2D eigenvalue weighted by Gasteiger charge is 2.27. The zero-order valence-electron chi connectivity index (χ0n) is 15.1. The van der Waals surface area contributed by atoms with Crippen molar-refractivity contribution in [1.29, 1.82) is 0 Å².